The van der Waals surface area contributed by atoms with Gasteiger partial charge in [0.2, 0.25) is 0 Å². The highest BCUT2D eigenvalue weighted by atomic mass is 16.6. The van der Waals surface area contributed by atoms with E-state index in [0.717, 1.165) is 37.8 Å². The van der Waals surface area contributed by atoms with Crippen LogP contribution in [0, 0.1) is 0 Å². The van der Waals surface area contributed by atoms with Crippen LogP contribution in [0.1, 0.15) is 56.5 Å². The summed E-state index contributed by atoms with van der Waals surface area (Å²) >= 11 is 0. The molecule has 2 aromatic heterocycles. The average Bonchev–Trinajstić information content (AvgIpc) is 3.02. The number of nitrogens with zero attached hydrogens (tertiary/aromatic N) is 3. The Labute approximate surface area is 156 Å². The Balaban J connectivity index is 1.31. The van der Waals surface area contributed by atoms with Crippen molar-refractivity contribution in [3.05, 3.63) is 29.8 Å². The fraction of sp³-hybridized carbons (Fsp3) is 0.556. The lowest BCUT2D eigenvalue weighted by Gasteiger charge is -2.16. The minimum atomic E-state index is -0.309. The van der Waals surface area contributed by atoms with Crippen LogP contribution >= 0.6 is 0 Å². The second kappa shape index (κ2) is 7.15. The number of hydrogen-bond donors (Lipinski definition) is 4. The lowest BCUT2D eigenvalue weighted by molar-refractivity contribution is 0.0904. The average molecular weight is 372 g/mol. The number of carbonyl (C=O) groups is 1. The molecule has 4 N–H and O–H groups in total. The molecule has 0 aliphatic heterocycles. The molecule has 2 aliphatic carbocycles. The van der Waals surface area contributed by atoms with Crippen molar-refractivity contribution >= 4 is 17.7 Å². The molecule has 27 heavy (non-hydrogen) atoms. The van der Waals surface area contributed by atoms with E-state index in [1.54, 1.807) is 12.3 Å². The number of hydrogen-bond acceptors (Lipinski definition) is 7. The van der Waals surface area contributed by atoms with Crippen LogP contribution in [0.3, 0.4) is 0 Å². The van der Waals surface area contributed by atoms with Crippen molar-refractivity contribution in [1.82, 2.24) is 25.5 Å². The molecule has 0 bridgehead atoms. The molecule has 2 aromatic rings. The minimum absolute atomic E-state index is 0.124. The minimum Gasteiger partial charge on any atom is -0.443 e. The molecular weight excluding hydrogens is 348 g/mol. The van der Waals surface area contributed by atoms with Gasteiger partial charge in [0, 0.05) is 29.9 Å². The van der Waals surface area contributed by atoms with Gasteiger partial charge < -0.3 is 20.5 Å². The first-order chi connectivity index (χ1) is 13.0. The van der Waals surface area contributed by atoms with Crippen LogP contribution in [0.4, 0.5) is 16.4 Å². The van der Waals surface area contributed by atoms with Gasteiger partial charge in [0.25, 0.3) is 0 Å². The van der Waals surface area contributed by atoms with Gasteiger partial charge in [-0.05, 0) is 45.1 Å². The van der Waals surface area contributed by atoms with Crippen LogP contribution in [0.2, 0.25) is 0 Å². The molecule has 0 radical (unpaired) electrons. The summed E-state index contributed by atoms with van der Waals surface area (Å²) in [4.78, 5) is 20.1. The second-order valence-corrected chi connectivity index (χ2v) is 7.54. The van der Waals surface area contributed by atoms with Crippen LogP contribution < -0.4 is 10.6 Å². The number of aromatic amines is 1. The van der Waals surface area contributed by atoms with Gasteiger partial charge in [-0.15, -0.1) is 0 Å². The van der Waals surface area contributed by atoms with E-state index >= 15 is 0 Å². The van der Waals surface area contributed by atoms with Crippen LogP contribution in [-0.4, -0.2) is 43.0 Å². The fourth-order valence-electron chi connectivity index (χ4n) is 3.38. The summed E-state index contributed by atoms with van der Waals surface area (Å²) in [5.74, 6) is 1.90. The molecule has 0 aromatic carbocycles. The van der Waals surface area contributed by atoms with Gasteiger partial charge in [0.1, 0.15) is 18.0 Å². The summed E-state index contributed by atoms with van der Waals surface area (Å²) < 4.78 is 5.43. The van der Waals surface area contributed by atoms with E-state index in [1.807, 2.05) is 13.0 Å². The number of anilines is 2. The number of rotatable bonds is 6. The highest BCUT2D eigenvalue weighted by molar-refractivity contribution is 5.68. The van der Waals surface area contributed by atoms with Crippen LogP contribution in [-0.2, 0) is 11.3 Å². The molecule has 1 amide bonds. The Kier molecular flexibility index (Phi) is 4.69. The maximum atomic E-state index is 12.0. The zero-order valence-electron chi connectivity index (χ0n) is 15.2. The Bertz CT molecular complexity index is 819. The molecule has 0 saturated heterocycles. The molecule has 2 unspecified atom stereocenters. The summed E-state index contributed by atoms with van der Waals surface area (Å²) in [6.07, 6.45) is 5.93. The number of ether oxygens (including phenoxy) is 1. The lowest BCUT2D eigenvalue weighted by atomic mass is 10.0. The van der Waals surface area contributed by atoms with Crippen molar-refractivity contribution in [1.29, 1.82) is 0 Å². The zero-order valence-corrected chi connectivity index (χ0v) is 15.2. The summed E-state index contributed by atoms with van der Waals surface area (Å²) in [5, 5.41) is 22.6. The number of amides is 1. The maximum absolute atomic E-state index is 12.0. The molecule has 9 nitrogen and oxygen atoms in total. The first-order valence-electron chi connectivity index (χ1n) is 9.28. The predicted octanol–water partition coefficient (Wildman–Crippen LogP) is 2.35. The van der Waals surface area contributed by atoms with Gasteiger partial charge in [-0.3, -0.25) is 5.10 Å². The van der Waals surface area contributed by atoms with Crippen molar-refractivity contribution in [2.75, 3.05) is 5.32 Å². The molecule has 2 heterocycles. The summed E-state index contributed by atoms with van der Waals surface area (Å²) in [6.45, 7) is 1.75. The highest BCUT2D eigenvalue weighted by Crippen LogP contribution is 2.39. The number of aliphatic hydroxyl groups is 1. The van der Waals surface area contributed by atoms with Crippen LogP contribution in [0.15, 0.2) is 18.3 Å². The van der Waals surface area contributed by atoms with E-state index in [9.17, 15) is 4.79 Å². The Morgan fingerprint density at radius 2 is 2.26 bits per heavy atom. The van der Waals surface area contributed by atoms with Crippen molar-refractivity contribution in [3.8, 4) is 0 Å². The van der Waals surface area contributed by atoms with Crippen molar-refractivity contribution in [3.63, 3.8) is 0 Å². The number of nitrogens with one attached hydrogen (secondary N) is 3. The Morgan fingerprint density at radius 1 is 1.41 bits per heavy atom. The molecular formula is C18H24N6O3. The van der Waals surface area contributed by atoms with Gasteiger partial charge in [0.15, 0.2) is 11.6 Å². The summed E-state index contributed by atoms with van der Waals surface area (Å²) in [7, 11) is 0. The number of carbonyl (C=O) groups excluding carboxylic acids is 1. The first kappa shape index (κ1) is 17.7. The summed E-state index contributed by atoms with van der Waals surface area (Å²) in [5.41, 5.74) is 0.781. The van der Waals surface area contributed by atoms with E-state index in [4.69, 9.17) is 9.84 Å². The number of H-pyrrole nitrogens is 1. The standard InChI is InChI=1S/C18H24N6O3/c1-18(5-6-18)27-17(26)20-12-3-2-11(8-12)13-9-15(24-23-13)21-14-4-7-19-16(10-25)22-14/h4,7,9,11-12,25H,2-3,5-6,8,10H2,1H3,(H,20,26)(H2,19,21,22,23,24). The fourth-order valence-corrected chi connectivity index (χ4v) is 3.38. The smallest absolute Gasteiger partial charge is 0.407 e. The Morgan fingerprint density at radius 3 is 3.04 bits per heavy atom. The van der Waals surface area contributed by atoms with E-state index < -0.39 is 0 Å². The first-order valence-corrected chi connectivity index (χ1v) is 9.28. The third-order valence-electron chi connectivity index (χ3n) is 5.19. The second-order valence-electron chi connectivity index (χ2n) is 7.54. The molecule has 144 valence electrons. The number of aromatic nitrogens is 4. The normalized spacial score (nSPS) is 23.0. The lowest BCUT2D eigenvalue weighted by Crippen LogP contribution is -2.35. The van der Waals surface area contributed by atoms with Gasteiger partial charge in [-0.1, -0.05) is 0 Å². The maximum Gasteiger partial charge on any atom is 0.407 e. The summed E-state index contributed by atoms with van der Waals surface area (Å²) in [6, 6.07) is 3.80. The topological polar surface area (TPSA) is 125 Å². The monoisotopic (exact) mass is 372 g/mol. The molecule has 4 rings (SSSR count). The molecule has 0 spiro atoms. The predicted molar refractivity (Wildman–Crippen MR) is 97.5 cm³/mol. The third-order valence-corrected chi connectivity index (χ3v) is 5.19. The molecule has 2 atom stereocenters. The van der Waals surface area contributed by atoms with Gasteiger partial charge >= 0.3 is 6.09 Å². The molecule has 2 aliphatic rings. The third kappa shape index (κ3) is 4.36. The molecule has 2 fully saturated rings. The molecule has 2 saturated carbocycles. The van der Waals surface area contributed by atoms with Crippen LogP contribution in [0.25, 0.3) is 0 Å². The van der Waals surface area contributed by atoms with Crippen molar-refractivity contribution in [2.45, 2.75) is 63.2 Å². The number of aliphatic hydroxyl groups excluding tert-OH is 1. The highest BCUT2D eigenvalue weighted by Gasteiger charge is 2.42. The SMILES string of the molecule is CC1(OC(=O)NC2CCC(c3cc(Nc4ccnc(CO)n4)n[nH]3)C2)CC1. The zero-order chi connectivity index (χ0) is 18.9. The van der Waals surface area contributed by atoms with E-state index in [0.29, 0.717) is 23.4 Å². The van der Waals surface area contributed by atoms with Crippen molar-refractivity contribution in [2.24, 2.45) is 0 Å². The number of alkyl carbamates (subject to hydrolysis) is 1. The Hall–Kier alpha value is -2.68. The quantitative estimate of drug-likeness (QED) is 0.613. The van der Waals surface area contributed by atoms with Crippen LogP contribution in [0.5, 0.6) is 0 Å². The van der Waals surface area contributed by atoms with Gasteiger partial charge in [-0.2, -0.15) is 5.10 Å². The van der Waals surface area contributed by atoms with E-state index in [-0.39, 0.29) is 24.3 Å². The largest absolute Gasteiger partial charge is 0.443 e. The van der Waals surface area contributed by atoms with Crippen molar-refractivity contribution < 1.29 is 14.6 Å². The van der Waals surface area contributed by atoms with E-state index in [2.05, 4.69) is 30.8 Å². The molecule has 9 heteroatoms. The van der Waals surface area contributed by atoms with E-state index in [1.165, 1.54) is 0 Å². The van der Waals surface area contributed by atoms with Gasteiger partial charge in [0.05, 0.1) is 0 Å². The van der Waals surface area contributed by atoms with Gasteiger partial charge in [-0.25, -0.2) is 14.8 Å².